The van der Waals surface area contributed by atoms with Gasteiger partial charge in [-0.1, -0.05) is 61.4 Å². The molecule has 0 saturated heterocycles. The summed E-state index contributed by atoms with van der Waals surface area (Å²) in [6.07, 6.45) is 5.43. The summed E-state index contributed by atoms with van der Waals surface area (Å²) in [5.41, 5.74) is 2.53. The van der Waals surface area contributed by atoms with Crippen LogP contribution >= 0.6 is 0 Å². The van der Waals surface area contributed by atoms with E-state index >= 15 is 0 Å². The Labute approximate surface area is 204 Å². The van der Waals surface area contributed by atoms with Crippen molar-refractivity contribution in [1.29, 1.82) is 0 Å². The van der Waals surface area contributed by atoms with E-state index in [-0.39, 0.29) is 30.8 Å². The number of anilines is 1. The lowest BCUT2D eigenvalue weighted by molar-refractivity contribution is -0.139. The van der Waals surface area contributed by atoms with E-state index in [0.717, 1.165) is 42.6 Å². The molecule has 0 atom stereocenters. The molecule has 1 N–H and O–H groups in total. The number of benzene rings is 2. The van der Waals surface area contributed by atoms with Crippen molar-refractivity contribution in [3.05, 3.63) is 90.9 Å². The number of carbonyl (C=O) groups is 2. The van der Waals surface area contributed by atoms with E-state index in [1.165, 1.54) is 0 Å². The van der Waals surface area contributed by atoms with Crippen molar-refractivity contribution in [3.8, 4) is 16.9 Å². The Morgan fingerprint density at radius 3 is 2.37 bits per heavy atom. The molecule has 178 valence electrons. The zero-order valence-corrected chi connectivity index (χ0v) is 19.5. The van der Waals surface area contributed by atoms with E-state index in [4.69, 9.17) is 9.52 Å². The van der Waals surface area contributed by atoms with Gasteiger partial charge in [-0.2, -0.15) is 5.10 Å². The van der Waals surface area contributed by atoms with Crippen molar-refractivity contribution in [2.45, 2.75) is 32.2 Å². The van der Waals surface area contributed by atoms with Crippen LogP contribution in [0.4, 0.5) is 5.82 Å². The first-order valence-electron chi connectivity index (χ1n) is 12.0. The summed E-state index contributed by atoms with van der Waals surface area (Å²) in [6, 6.07) is 25.0. The van der Waals surface area contributed by atoms with Gasteiger partial charge < -0.3 is 14.6 Å². The van der Waals surface area contributed by atoms with Crippen molar-refractivity contribution in [2.75, 3.05) is 11.9 Å². The van der Waals surface area contributed by atoms with Crippen molar-refractivity contribution in [2.24, 2.45) is 5.92 Å². The molecule has 0 aliphatic heterocycles. The topological polar surface area (TPSA) is 80.4 Å². The fraction of sp³-hybridized carbons (Fsp3) is 0.250. The summed E-state index contributed by atoms with van der Waals surface area (Å²) in [4.78, 5) is 28.0. The molecule has 1 fully saturated rings. The van der Waals surface area contributed by atoms with E-state index < -0.39 is 0 Å². The first-order chi connectivity index (χ1) is 17.2. The molecule has 0 radical (unpaired) electrons. The Bertz CT molecular complexity index is 1260. The lowest BCUT2D eigenvalue weighted by Gasteiger charge is -2.24. The van der Waals surface area contributed by atoms with Gasteiger partial charge in [0.2, 0.25) is 11.8 Å². The molecule has 2 aromatic heterocycles. The van der Waals surface area contributed by atoms with Crippen LogP contribution < -0.4 is 5.32 Å². The quantitative estimate of drug-likeness (QED) is 0.381. The number of rotatable bonds is 8. The SMILES string of the molecule is O=C(CN(Cc1ccco1)C(=O)C1CCCC1)Nc1cc(-c2ccccc2)nn1-c1ccccc1. The first-order valence-corrected chi connectivity index (χ1v) is 12.0. The van der Waals surface area contributed by atoms with E-state index in [1.807, 2.05) is 72.8 Å². The number of amides is 2. The van der Waals surface area contributed by atoms with Crippen LogP contribution in [0, 0.1) is 5.92 Å². The van der Waals surface area contributed by atoms with E-state index in [2.05, 4.69) is 5.32 Å². The van der Waals surface area contributed by atoms with E-state index in [0.29, 0.717) is 11.6 Å². The zero-order valence-electron chi connectivity index (χ0n) is 19.5. The van der Waals surface area contributed by atoms with Crippen LogP contribution in [0.3, 0.4) is 0 Å². The highest BCUT2D eigenvalue weighted by Gasteiger charge is 2.29. The van der Waals surface area contributed by atoms with Crippen molar-refractivity contribution < 1.29 is 14.0 Å². The molecule has 1 aliphatic carbocycles. The van der Waals surface area contributed by atoms with Gasteiger partial charge in [0.1, 0.15) is 18.1 Å². The number of hydrogen-bond acceptors (Lipinski definition) is 4. The molecule has 0 bridgehead atoms. The third kappa shape index (κ3) is 5.35. The van der Waals surface area contributed by atoms with Gasteiger partial charge in [0.15, 0.2) is 0 Å². The average molecular weight is 469 g/mol. The van der Waals surface area contributed by atoms with Crippen molar-refractivity contribution >= 4 is 17.6 Å². The Morgan fingerprint density at radius 1 is 0.971 bits per heavy atom. The molecule has 5 rings (SSSR count). The van der Waals surface area contributed by atoms with Crippen LogP contribution in [0.25, 0.3) is 16.9 Å². The molecule has 0 unspecified atom stereocenters. The monoisotopic (exact) mass is 468 g/mol. The highest BCUT2D eigenvalue weighted by Crippen LogP contribution is 2.28. The van der Waals surface area contributed by atoms with Gasteiger partial charge >= 0.3 is 0 Å². The van der Waals surface area contributed by atoms with Gasteiger partial charge in [-0.05, 0) is 37.1 Å². The molecule has 2 heterocycles. The van der Waals surface area contributed by atoms with Gasteiger partial charge in [-0.15, -0.1) is 0 Å². The van der Waals surface area contributed by atoms with Gasteiger partial charge in [0, 0.05) is 17.5 Å². The van der Waals surface area contributed by atoms with Crippen LogP contribution in [0.2, 0.25) is 0 Å². The molecule has 1 saturated carbocycles. The molecule has 1 aliphatic rings. The maximum Gasteiger partial charge on any atom is 0.245 e. The lowest BCUT2D eigenvalue weighted by Crippen LogP contribution is -2.40. The number of furan rings is 1. The molecule has 0 spiro atoms. The van der Waals surface area contributed by atoms with E-state index in [1.54, 1.807) is 21.9 Å². The summed E-state index contributed by atoms with van der Waals surface area (Å²) in [7, 11) is 0. The predicted molar refractivity (Wildman–Crippen MR) is 134 cm³/mol. The van der Waals surface area contributed by atoms with Crippen LogP contribution in [0.15, 0.2) is 89.5 Å². The normalized spacial score (nSPS) is 13.6. The summed E-state index contributed by atoms with van der Waals surface area (Å²) >= 11 is 0. The largest absolute Gasteiger partial charge is 0.467 e. The fourth-order valence-electron chi connectivity index (χ4n) is 4.58. The number of aromatic nitrogens is 2. The highest BCUT2D eigenvalue weighted by atomic mass is 16.3. The second kappa shape index (κ2) is 10.4. The second-order valence-corrected chi connectivity index (χ2v) is 8.83. The minimum absolute atomic E-state index is 0.00981. The molecule has 4 aromatic rings. The van der Waals surface area contributed by atoms with Crippen LogP contribution in [0.5, 0.6) is 0 Å². The molecule has 7 nitrogen and oxygen atoms in total. The van der Waals surface area contributed by atoms with Gasteiger partial charge in [-0.3, -0.25) is 9.59 Å². The van der Waals surface area contributed by atoms with Crippen molar-refractivity contribution in [3.63, 3.8) is 0 Å². The maximum atomic E-state index is 13.2. The van der Waals surface area contributed by atoms with Gasteiger partial charge in [0.05, 0.1) is 24.2 Å². The summed E-state index contributed by atoms with van der Waals surface area (Å²) in [5, 5.41) is 7.74. The Hall–Kier alpha value is -4.13. The van der Waals surface area contributed by atoms with Gasteiger partial charge in [-0.25, -0.2) is 4.68 Å². The van der Waals surface area contributed by atoms with E-state index in [9.17, 15) is 9.59 Å². The number of para-hydroxylation sites is 1. The molecule has 7 heteroatoms. The second-order valence-electron chi connectivity index (χ2n) is 8.83. The van der Waals surface area contributed by atoms with Crippen LogP contribution in [-0.2, 0) is 16.1 Å². The summed E-state index contributed by atoms with van der Waals surface area (Å²) in [5.74, 6) is 0.906. The summed E-state index contributed by atoms with van der Waals surface area (Å²) in [6.45, 7) is 0.208. The molecule has 35 heavy (non-hydrogen) atoms. The first kappa shape index (κ1) is 22.7. The third-order valence-corrected chi connectivity index (χ3v) is 6.32. The Balaban J connectivity index is 1.39. The van der Waals surface area contributed by atoms with Crippen LogP contribution in [0.1, 0.15) is 31.4 Å². The minimum Gasteiger partial charge on any atom is -0.467 e. The molecular weight excluding hydrogens is 440 g/mol. The standard InChI is InChI=1S/C28H28N4O3/c33-27(20-31(19-24-16-9-17-35-24)28(34)22-12-7-8-13-22)29-26-18-25(21-10-3-1-4-11-21)30-32(26)23-14-5-2-6-15-23/h1-6,9-11,14-18,22H,7-8,12-13,19-20H2,(H,29,33). The predicted octanol–water partition coefficient (Wildman–Crippen LogP) is 5.29. The van der Waals surface area contributed by atoms with Gasteiger partial charge in [0.25, 0.3) is 0 Å². The smallest absolute Gasteiger partial charge is 0.245 e. The molecule has 2 aromatic carbocycles. The molecular formula is C28H28N4O3. The summed E-state index contributed by atoms with van der Waals surface area (Å²) < 4.78 is 7.18. The number of nitrogens with zero attached hydrogens (tertiary/aromatic N) is 3. The average Bonchev–Trinajstić information content (AvgIpc) is 3.67. The zero-order chi connectivity index (χ0) is 24.0. The Morgan fingerprint density at radius 2 is 1.69 bits per heavy atom. The third-order valence-electron chi connectivity index (χ3n) is 6.32. The number of nitrogens with one attached hydrogen (secondary N) is 1. The Kier molecular flexibility index (Phi) is 6.75. The minimum atomic E-state index is -0.278. The lowest BCUT2D eigenvalue weighted by atomic mass is 10.1. The van der Waals surface area contributed by atoms with Crippen LogP contribution in [-0.4, -0.2) is 33.0 Å². The number of hydrogen-bond donors (Lipinski definition) is 1. The number of carbonyl (C=O) groups excluding carboxylic acids is 2. The molecule has 2 amide bonds. The maximum absolute atomic E-state index is 13.2. The van der Waals surface area contributed by atoms with Crippen molar-refractivity contribution in [1.82, 2.24) is 14.7 Å². The fourth-order valence-corrected chi connectivity index (χ4v) is 4.58. The highest BCUT2D eigenvalue weighted by molar-refractivity contribution is 5.95.